The van der Waals surface area contributed by atoms with Gasteiger partial charge in [-0.05, 0) is 30.7 Å². The van der Waals surface area contributed by atoms with Gasteiger partial charge in [-0.3, -0.25) is 4.72 Å². The van der Waals surface area contributed by atoms with E-state index >= 15 is 0 Å². The number of hydrogen-bond acceptors (Lipinski definition) is 4. The largest absolute Gasteiger partial charge is 0.508 e. The molecule has 0 bridgehead atoms. The first-order valence-corrected chi connectivity index (χ1v) is 10.5. The Morgan fingerprint density at radius 3 is 2.38 bits per heavy atom. The predicted molar refractivity (Wildman–Crippen MR) is 104 cm³/mol. The molecule has 26 heavy (non-hydrogen) atoms. The van der Waals surface area contributed by atoms with E-state index in [0.717, 1.165) is 19.3 Å². The van der Waals surface area contributed by atoms with E-state index in [4.69, 9.17) is 4.74 Å². The van der Waals surface area contributed by atoms with Gasteiger partial charge in [0.05, 0.1) is 6.61 Å². The number of unbranched alkanes of at least 4 members (excludes halogenated alkanes) is 5. The molecule has 0 spiro atoms. The van der Waals surface area contributed by atoms with Crippen molar-refractivity contribution in [3.63, 3.8) is 0 Å². The molecule has 0 atom stereocenters. The average molecular weight is 378 g/mol. The molecule has 0 aromatic heterocycles. The molecule has 0 aliphatic carbocycles. The molecule has 0 aliphatic rings. The summed E-state index contributed by atoms with van der Waals surface area (Å²) in [5.74, 6) is 0.130. The Hall–Kier alpha value is -2.21. The van der Waals surface area contributed by atoms with Crippen molar-refractivity contribution in [1.82, 2.24) is 0 Å². The Kier molecular flexibility index (Phi) is 7.78. The topological polar surface area (TPSA) is 75.6 Å². The van der Waals surface area contributed by atoms with E-state index in [2.05, 4.69) is 11.6 Å². The van der Waals surface area contributed by atoms with Gasteiger partial charge in [-0.1, -0.05) is 57.2 Å². The maximum absolute atomic E-state index is 12.7. The molecule has 5 nitrogen and oxygen atoms in total. The van der Waals surface area contributed by atoms with Gasteiger partial charge in [-0.25, -0.2) is 8.42 Å². The van der Waals surface area contributed by atoms with E-state index in [1.54, 1.807) is 30.3 Å². The van der Waals surface area contributed by atoms with Gasteiger partial charge in [0, 0.05) is 11.8 Å². The number of nitrogens with one attached hydrogen (secondary N) is 1. The Morgan fingerprint density at radius 1 is 0.962 bits per heavy atom. The van der Waals surface area contributed by atoms with Crippen LogP contribution in [-0.4, -0.2) is 20.1 Å². The standard InChI is InChI=1S/C20H27NO4S/c1-2-3-4-5-6-10-15-25-19-14-13-18(22)16-20(19)26(23,24)21-17-11-8-7-9-12-17/h7-9,11-14,16,21-22H,2-6,10,15H2,1H3. The van der Waals surface area contributed by atoms with Crippen LogP contribution >= 0.6 is 0 Å². The van der Waals surface area contributed by atoms with Crippen molar-refractivity contribution in [1.29, 1.82) is 0 Å². The fourth-order valence-corrected chi connectivity index (χ4v) is 3.83. The van der Waals surface area contributed by atoms with Crippen molar-refractivity contribution >= 4 is 15.7 Å². The SMILES string of the molecule is CCCCCCCCOc1ccc(O)cc1S(=O)(=O)Nc1ccccc1. The lowest BCUT2D eigenvalue weighted by Gasteiger charge is -2.14. The molecule has 0 saturated heterocycles. The zero-order chi connectivity index (χ0) is 18.8. The lowest BCUT2D eigenvalue weighted by molar-refractivity contribution is 0.296. The summed E-state index contributed by atoms with van der Waals surface area (Å²) in [5, 5.41) is 9.71. The fraction of sp³-hybridized carbons (Fsp3) is 0.400. The van der Waals surface area contributed by atoms with Gasteiger partial charge < -0.3 is 9.84 Å². The highest BCUT2D eigenvalue weighted by molar-refractivity contribution is 7.92. The number of aromatic hydroxyl groups is 1. The molecule has 0 heterocycles. The summed E-state index contributed by atoms with van der Waals surface area (Å²) < 4.78 is 33.6. The van der Waals surface area contributed by atoms with Crippen molar-refractivity contribution in [3.05, 3.63) is 48.5 Å². The molecule has 0 amide bonds. The Morgan fingerprint density at radius 2 is 1.65 bits per heavy atom. The molecule has 6 heteroatoms. The third kappa shape index (κ3) is 6.26. The number of sulfonamides is 1. The molecule has 2 N–H and O–H groups in total. The number of rotatable bonds is 11. The molecule has 0 aliphatic heterocycles. The first kappa shape index (κ1) is 20.1. The quantitative estimate of drug-likeness (QED) is 0.544. The summed E-state index contributed by atoms with van der Waals surface area (Å²) in [5.41, 5.74) is 0.456. The van der Waals surface area contributed by atoms with Gasteiger partial charge in [-0.15, -0.1) is 0 Å². The maximum Gasteiger partial charge on any atom is 0.265 e. The van der Waals surface area contributed by atoms with Crippen molar-refractivity contribution in [2.75, 3.05) is 11.3 Å². The number of anilines is 1. The minimum absolute atomic E-state index is 0.0627. The Bertz CT molecular complexity index is 776. The highest BCUT2D eigenvalue weighted by atomic mass is 32.2. The van der Waals surface area contributed by atoms with Gasteiger partial charge in [0.2, 0.25) is 0 Å². The van der Waals surface area contributed by atoms with Crippen molar-refractivity contribution < 1.29 is 18.3 Å². The highest BCUT2D eigenvalue weighted by Crippen LogP contribution is 2.29. The van der Waals surface area contributed by atoms with E-state index < -0.39 is 10.0 Å². The van der Waals surface area contributed by atoms with Gasteiger partial charge in [0.15, 0.2) is 0 Å². The molecule has 0 fully saturated rings. The van der Waals surface area contributed by atoms with Crippen molar-refractivity contribution in [2.24, 2.45) is 0 Å². The van der Waals surface area contributed by atoms with Crippen LogP contribution in [0.3, 0.4) is 0 Å². The van der Waals surface area contributed by atoms with E-state index in [0.29, 0.717) is 12.3 Å². The molecule has 0 radical (unpaired) electrons. The van der Waals surface area contributed by atoms with Crippen LogP contribution in [0.4, 0.5) is 5.69 Å². The van der Waals surface area contributed by atoms with Crippen LogP contribution in [0.15, 0.2) is 53.4 Å². The summed E-state index contributed by atoms with van der Waals surface area (Å²) in [6.45, 7) is 2.63. The average Bonchev–Trinajstić information content (AvgIpc) is 2.62. The lowest BCUT2D eigenvalue weighted by atomic mass is 10.1. The van der Waals surface area contributed by atoms with Crippen molar-refractivity contribution in [3.8, 4) is 11.5 Å². The highest BCUT2D eigenvalue weighted by Gasteiger charge is 2.20. The molecular weight excluding hydrogens is 350 g/mol. The summed E-state index contributed by atoms with van der Waals surface area (Å²) in [4.78, 5) is -0.0627. The van der Waals surface area contributed by atoms with Crippen LogP contribution in [0.25, 0.3) is 0 Å². The van der Waals surface area contributed by atoms with E-state index in [1.807, 2.05) is 0 Å². The summed E-state index contributed by atoms with van der Waals surface area (Å²) in [6, 6.07) is 12.8. The third-order valence-corrected chi connectivity index (χ3v) is 5.40. The minimum atomic E-state index is -3.86. The fourth-order valence-electron chi connectivity index (χ4n) is 2.61. The molecule has 142 valence electrons. The van der Waals surface area contributed by atoms with Gasteiger partial charge in [-0.2, -0.15) is 0 Å². The third-order valence-electron chi connectivity index (χ3n) is 4.00. The summed E-state index contributed by atoms with van der Waals surface area (Å²) in [7, 11) is -3.86. The maximum atomic E-state index is 12.7. The monoisotopic (exact) mass is 377 g/mol. The van der Waals surface area contributed by atoms with E-state index in [-0.39, 0.29) is 16.4 Å². The van der Waals surface area contributed by atoms with Crippen LogP contribution in [0.2, 0.25) is 0 Å². The number of phenols is 1. The molecule has 2 aromatic rings. The second-order valence-electron chi connectivity index (χ2n) is 6.22. The number of hydrogen-bond donors (Lipinski definition) is 2. The number of ether oxygens (including phenoxy) is 1. The van der Waals surface area contributed by atoms with Gasteiger partial charge >= 0.3 is 0 Å². The number of benzene rings is 2. The smallest absolute Gasteiger partial charge is 0.265 e. The predicted octanol–water partition coefficient (Wildman–Crippen LogP) is 4.93. The van der Waals surface area contributed by atoms with Crippen LogP contribution in [0.1, 0.15) is 45.4 Å². The van der Waals surface area contributed by atoms with Gasteiger partial charge in [0.1, 0.15) is 16.4 Å². The molecular formula is C20H27NO4S. The Labute approximate surface area is 156 Å². The van der Waals surface area contributed by atoms with Crippen molar-refractivity contribution in [2.45, 2.75) is 50.3 Å². The van der Waals surface area contributed by atoms with Crippen LogP contribution in [-0.2, 0) is 10.0 Å². The van der Waals surface area contributed by atoms with Crippen LogP contribution in [0, 0.1) is 0 Å². The second kappa shape index (κ2) is 10.1. The Balaban J connectivity index is 2.02. The lowest BCUT2D eigenvalue weighted by Crippen LogP contribution is -2.14. The first-order valence-electron chi connectivity index (χ1n) is 9.06. The normalized spacial score (nSPS) is 11.3. The molecule has 2 rings (SSSR count). The molecule has 2 aromatic carbocycles. The minimum Gasteiger partial charge on any atom is -0.508 e. The zero-order valence-corrected chi connectivity index (χ0v) is 16.0. The zero-order valence-electron chi connectivity index (χ0n) is 15.1. The van der Waals surface area contributed by atoms with E-state index in [1.165, 1.54) is 37.5 Å². The van der Waals surface area contributed by atoms with Crippen LogP contribution in [0.5, 0.6) is 11.5 Å². The summed E-state index contributed by atoms with van der Waals surface area (Å²) in [6.07, 6.45) is 6.76. The summed E-state index contributed by atoms with van der Waals surface area (Å²) >= 11 is 0. The molecule has 0 unspecified atom stereocenters. The van der Waals surface area contributed by atoms with Gasteiger partial charge in [0.25, 0.3) is 10.0 Å². The first-order chi connectivity index (χ1) is 12.5. The van der Waals surface area contributed by atoms with Crippen LogP contribution < -0.4 is 9.46 Å². The molecule has 0 saturated carbocycles. The van der Waals surface area contributed by atoms with E-state index in [9.17, 15) is 13.5 Å². The number of phenolic OH excluding ortho intramolecular Hbond substituents is 1. The number of para-hydroxylation sites is 1. The second-order valence-corrected chi connectivity index (χ2v) is 7.87.